The normalized spacial score (nSPS) is 14.6. The van der Waals surface area contributed by atoms with Crippen molar-refractivity contribution < 1.29 is 8.83 Å². The molecular weight excluding hydrogens is 1480 g/mol. The molecule has 0 saturated carbocycles. The summed E-state index contributed by atoms with van der Waals surface area (Å²) in [5.41, 5.74) is 31.1. The Labute approximate surface area is 718 Å². The van der Waals surface area contributed by atoms with Crippen LogP contribution >= 0.6 is 0 Å². The van der Waals surface area contributed by atoms with E-state index in [1.807, 2.05) is 0 Å². The van der Waals surface area contributed by atoms with Crippen molar-refractivity contribution in [2.75, 3.05) is 14.6 Å². The smallest absolute Gasteiger partial charge is 0.376 e. The van der Waals surface area contributed by atoms with Crippen LogP contribution in [-0.4, -0.2) is 18.2 Å². The van der Waals surface area contributed by atoms with E-state index in [2.05, 4.69) is 414 Å². The maximum absolute atomic E-state index is 7.61. The molecule has 0 spiro atoms. The number of rotatable bonds is 6. The van der Waals surface area contributed by atoms with Gasteiger partial charge in [-0.3, -0.25) is 4.90 Å². The van der Waals surface area contributed by atoms with E-state index >= 15 is 0 Å². The molecule has 0 aliphatic carbocycles. The van der Waals surface area contributed by atoms with Gasteiger partial charge in [-0.05, 0) is 232 Å². The minimum absolute atomic E-state index is 0.0352. The van der Waals surface area contributed by atoms with Crippen molar-refractivity contribution in [3.63, 3.8) is 0 Å². The Kier molecular flexibility index (Phi) is 15.0. The lowest BCUT2D eigenvalue weighted by molar-refractivity contribution is 0.303. The second kappa shape index (κ2) is 24.5. The van der Waals surface area contributed by atoms with Crippen molar-refractivity contribution in [1.82, 2.24) is 4.48 Å². The van der Waals surface area contributed by atoms with E-state index in [1.54, 1.807) is 0 Å². The quantitative estimate of drug-likeness (QED) is 0.123. The lowest BCUT2D eigenvalue weighted by Crippen LogP contribution is -2.61. The zero-order chi connectivity index (χ0) is 84.6. The van der Waals surface area contributed by atoms with Gasteiger partial charge in [-0.15, -0.1) is 0 Å². The highest BCUT2D eigenvalue weighted by Crippen LogP contribution is 2.60. The zero-order valence-electron chi connectivity index (χ0n) is 74.9. The maximum atomic E-state index is 7.61. The SMILES string of the molecule is CC(C)(C)c1ccc2c(c1)-c1c3c(c4ccc5cc(C(C)(C)C)cc6ccc1c4c65)N(c1ccccc1C(C)(C)C)c1oc4ccccc4c1B3N2c1ccc(C(C)(C)C(C)(C)c2cc3ccc4c5c6c(c7ccc(c2)c3c47)N(c2ccccc2C(C)(C)C)c2c(oc3ccccc23)B6n2c3ccc(C(C)(C)C)cc3c3cc(C(C)(C)C)cc-5c32)cc1. The Hall–Kier alpha value is -12.0. The number of hydrogen-bond acceptors (Lipinski definition) is 5. The average Bonchev–Trinajstić information content (AvgIpc) is 1.33. The van der Waals surface area contributed by atoms with Gasteiger partial charge in [0.05, 0.1) is 22.7 Å². The lowest BCUT2D eigenvalue weighted by Gasteiger charge is -2.46. The molecule has 600 valence electrons. The molecule has 16 aromatic carbocycles. The second-order valence-corrected chi connectivity index (χ2v) is 43.6. The molecule has 3 aromatic heterocycles. The third kappa shape index (κ3) is 10.2. The number of para-hydroxylation sites is 4. The summed E-state index contributed by atoms with van der Waals surface area (Å²) < 4.78 is 17.9. The van der Waals surface area contributed by atoms with Crippen LogP contribution in [0.5, 0.6) is 0 Å². The van der Waals surface area contributed by atoms with Crippen molar-refractivity contribution in [2.24, 2.45) is 0 Å². The summed E-state index contributed by atoms with van der Waals surface area (Å²) in [6.45, 7) is 51.8. The number of fused-ring (bicyclic) bond motifs is 19. The molecule has 0 atom stereocenters. The van der Waals surface area contributed by atoms with Gasteiger partial charge in [-0.1, -0.05) is 316 Å². The first kappa shape index (κ1) is 75.0. The molecule has 4 aliphatic heterocycles. The van der Waals surface area contributed by atoms with E-state index in [0.717, 1.165) is 50.5 Å². The molecule has 8 heteroatoms. The second-order valence-electron chi connectivity index (χ2n) is 43.6. The molecule has 0 bridgehead atoms. The molecule has 0 fully saturated rings. The molecule has 122 heavy (non-hydrogen) atoms. The first-order valence-electron chi connectivity index (χ1n) is 44.4. The predicted molar refractivity (Wildman–Crippen MR) is 525 cm³/mol. The fraction of sp³-hybridized carbons (Fsp3) is 0.263. The highest BCUT2D eigenvalue weighted by Gasteiger charge is 2.53. The third-order valence-electron chi connectivity index (χ3n) is 29.7. The van der Waals surface area contributed by atoms with Crippen molar-refractivity contribution >= 4 is 190 Å². The maximum Gasteiger partial charge on any atom is 0.376 e. The van der Waals surface area contributed by atoms with Crippen molar-refractivity contribution in [1.29, 1.82) is 0 Å². The van der Waals surface area contributed by atoms with Gasteiger partial charge in [-0.2, -0.15) is 0 Å². The highest BCUT2D eigenvalue weighted by molar-refractivity contribution is 6.96. The van der Waals surface area contributed by atoms with Crippen LogP contribution in [0.1, 0.15) is 197 Å². The van der Waals surface area contributed by atoms with Gasteiger partial charge in [0.15, 0.2) is 0 Å². The fourth-order valence-electron chi connectivity index (χ4n) is 22.5. The molecule has 6 nitrogen and oxygen atoms in total. The zero-order valence-corrected chi connectivity index (χ0v) is 74.9. The van der Waals surface area contributed by atoms with Gasteiger partial charge < -0.3 is 23.0 Å². The Morgan fingerprint density at radius 3 is 1.30 bits per heavy atom. The van der Waals surface area contributed by atoms with E-state index in [-0.39, 0.29) is 46.2 Å². The molecule has 0 saturated heterocycles. The number of anilines is 8. The average molecular weight is 1590 g/mol. The molecule has 0 N–H and O–H groups in total. The minimum Gasteiger partial charge on any atom is -0.466 e. The number of furan rings is 2. The summed E-state index contributed by atoms with van der Waals surface area (Å²) in [5, 5.41) is 20.1. The summed E-state index contributed by atoms with van der Waals surface area (Å²) in [4.78, 5) is 7.92. The number of hydrogen-bond donors (Lipinski definition) is 0. The van der Waals surface area contributed by atoms with Crippen LogP contribution in [0.4, 0.5) is 45.7 Å². The van der Waals surface area contributed by atoms with Crippen molar-refractivity contribution in [3.8, 4) is 22.3 Å². The first-order chi connectivity index (χ1) is 57.9. The van der Waals surface area contributed by atoms with Gasteiger partial charge in [0, 0.05) is 87.8 Å². The van der Waals surface area contributed by atoms with Crippen LogP contribution in [0.2, 0.25) is 0 Å². The van der Waals surface area contributed by atoms with Gasteiger partial charge >= 0.3 is 13.7 Å². The Balaban J connectivity index is 0.726. The van der Waals surface area contributed by atoms with Crippen LogP contribution in [0, 0.1) is 0 Å². The van der Waals surface area contributed by atoms with Gasteiger partial charge in [0.25, 0.3) is 0 Å². The summed E-state index contributed by atoms with van der Waals surface area (Å²) in [6, 6.07) is 95.3. The fourth-order valence-corrected chi connectivity index (χ4v) is 22.5. The molecule has 19 aromatic rings. The van der Waals surface area contributed by atoms with Gasteiger partial charge in [0.2, 0.25) is 5.88 Å². The number of nitrogens with zero attached hydrogens (tertiary/aromatic N) is 4. The van der Waals surface area contributed by atoms with Crippen LogP contribution in [-0.2, 0) is 43.3 Å². The summed E-state index contributed by atoms with van der Waals surface area (Å²) in [6.07, 6.45) is 0. The molecule has 4 aliphatic rings. The van der Waals surface area contributed by atoms with Gasteiger partial charge in [0.1, 0.15) is 16.8 Å². The third-order valence-corrected chi connectivity index (χ3v) is 29.7. The summed E-state index contributed by atoms with van der Waals surface area (Å²) in [7, 11) is 0. The topological polar surface area (TPSA) is 40.9 Å². The molecule has 23 rings (SSSR count). The Morgan fingerprint density at radius 2 is 0.721 bits per heavy atom. The number of benzene rings is 16. The van der Waals surface area contributed by atoms with E-state index < -0.39 is 10.8 Å². The largest absolute Gasteiger partial charge is 0.466 e. The Morgan fingerprint density at radius 1 is 0.279 bits per heavy atom. The molecular formula is C114H106B2N4O2. The van der Waals surface area contributed by atoms with Crippen molar-refractivity contribution in [2.45, 2.75) is 196 Å². The van der Waals surface area contributed by atoms with Crippen LogP contribution in [0.3, 0.4) is 0 Å². The minimum atomic E-state index is -0.396. The molecule has 7 heterocycles. The Bertz CT molecular complexity index is 7750. The lowest BCUT2D eigenvalue weighted by atomic mass is 9.43. The van der Waals surface area contributed by atoms with Crippen LogP contribution < -0.4 is 36.7 Å². The van der Waals surface area contributed by atoms with E-state index in [0.29, 0.717) is 0 Å². The van der Waals surface area contributed by atoms with Gasteiger partial charge in [-0.25, -0.2) is 0 Å². The molecule has 0 unspecified atom stereocenters. The molecule has 0 radical (unpaired) electrons. The van der Waals surface area contributed by atoms with Crippen LogP contribution in [0.15, 0.2) is 251 Å². The standard InChI is InChI=1S/C114H106B2N4O2/c1-107(2,3)68-45-53-86-80(59-68)81-61-71(110(10,11)12)62-83-97-77-50-40-65-57-72(58-66-42-51-78(95(77)93(65)66)102-100(97)116(120(86)101(81)83)105-104(75-32-24-30-38-91(75)121-105)117(102)88-35-27-25-33-84(88)111(13,14)15)114(21,22)113(19,20)67-43-47-73(48-44-67)119-87-54-46-69(108(4,5)6)60-82(87)96-76-49-39-63-55-70(109(7,8)9)56-64-41-52-79(94(76)92(63)64)103-99(96)115(119)98-74-31-23-29-37-90(74)122-106(98)118(103)89-36-28-26-34-85(89)112(16,17)18/h23-62H,1-22H3. The molecule has 0 amide bonds. The monoisotopic (exact) mass is 1580 g/mol. The van der Waals surface area contributed by atoms with Crippen molar-refractivity contribution in [3.05, 3.63) is 287 Å². The highest BCUT2D eigenvalue weighted by atomic mass is 16.4. The first-order valence-corrected chi connectivity index (χ1v) is 44.4. The van der Waals surface area contributed by atoms with E-state index in [1.165, 1.54) is 192 Å². The van der Waals surface area contributed by atoms with E-state index in [4.69, 9.17) is 8.83 Å². The summed E-state index contributed by atoms with van der Waals surface area (Å²) in [5.74, 6) is 0.864. The van der Waals surface area contributed by atoms with E-state index in [9.17, 15) is 0 Å². The number of aromatic nitrogens is 1. The van der Waals surface area contributed by atoms with Crippen LogP contribution in [0.25, 0.3) is 131 Å². The summed E-state index contributed by atoms with van der Waals surface area (Å²) >= 11 is 0. The predicted octanol–water partition coefficient (Wildman–Crippen LogP) is 29.2.